The largest absolute Gasteiger partial charge is 0.497 e. The van der Waals surface area contributed by atoms with Crippen molar-refractivity contribution >= 4 is 15.9 Å². The van der Waals surface area contributed by atoms with Crippen LogP contribution in [0.5, 0.6) is 5.75 Å². The number of benzene rings is 1. The minimum atomic E-state index is -4.09. The van der Waals surface area contributed by atoms with E-state index in [0.29, 0.717) is 25.2 Å². The van der Waals surface area contributed by atoms with E-state index < -0.39 is 27.6 Å². The fourth-order valence-electron chi connectivity index (χ4n) is 4.58. The molecule has 1 aliphatic carbocycles. The van der Waals surface area contributed by atoms with Crippen LogP contribution in [0.3, 0.4) is 0 Å². The number of methoxy groups -OCH3 is 1. The molecule has 1 aromatic carbocycles. The third kappa shape index (κ3) is 8.23. The molecule has 1 aromatic heterocycles. The van der Waals surface area contributed by atoms with Gasteiger partial charge in [0.25, 0.3) is 5.91 Å². The molecule has 1 aliphatic rings. The van der Waals surface area contributed by atoms with Crippen molar-refractivity contribution in [3.63, 3.8) is 0 Å². The zero-order valence-corrected chi connectivity index (χ0v) is 23.9. The first-order chi connectivity index (χ1) is 18.0. The predicted molar refractivity (Wildman–Crippen MR) is 145 cm³/mol. The Kier molecular flexibility index (Phi) is 10.7. The fraction of sp³-hybridized carbons (Fsp3) is 0.571. The highest BCUT2D eigenvalue weighted by atomic mass is 32.2. The SMILES string of the molecule is CCCOC1CCC(C(C(=O)NOC(C)(C)C)N(Cc2ccncc2)S(=O)(=O)c2ccc(OC)cc2)CC1. The van der Waals surface area contributed by atoms with Crippen molar-refractivity contribution in [1.29, 1.82) is 0 Å². The van der Waals surface area contributed by atoms with Gasteiger partial charge >= 0.3 is 0 Å². The van der Waals surface area contributed by atoms with Crippen LogP contribution in [-0.4, -0.2) is 55.1 Å². The van der Waals surface area contributed by atoms with Crippen LogP contribution in [0.25, 0.3) is 0 Å². The highest BCUT2D eigenvalue weighted by molar-refractivity contribution is 7.89. The lowest BCUT2D eigenvalue weighted by molar-refractivity contribution is -0.152. The average Bonchev–Trinajstić information content (AvgIpc) is 2.91. The number of hydrogen-bond donors (Lipinski definition) is 1. The second-order valence-electron chi connectivity index (χ2n) is 10.6. The average molecular weight is 548 g/mol. The van der Waals surface area contributed by atoms with Gasteiger partial charge in [-0.05, 0) is 101 Å². The molecule has 1 heterocycles. The summed E-state index contributed by atoms with van der Waals surface area (Å²) in [4.78, 5) is 23.5. The number of nitrogens with one attached hydrogen (secondary N) is 1. The number of nitrogens with zero attached hydrogens (tertiary/aromatic N) is 2. The van der Waals surface area contributed by atoms with Crippen LogP contribution >= 0.6 is 0 Å². The fourth-order valence-corrected chi connectivity index (χ4v) is 6.22. The number of hydrogen-bond acceptors (Lipinski definition) is 7. The van der Waals surface area contributed by atoms with Crippen LogP contribution in [0.15, 0.2) is 53.7 Å². The molecule has 9 nitrogen and oxygen atoms in total. The molecular formula is C28H41N3O6S. The molecular weight excluding hydrogens is 506 g/mol. The van der Waals surface area contributed by atoms with E-state index in [1.54, 1.807) is 36.7 Å². The second kappa shape index (κ2) is 13.5. The number of ether oxygens (including phenoxy) is 2. The molecule has 1 saturated carbocycles. The smallest absolute Gasteiger partial charge is 0.262 e. The van der Waals surface area contributed by atoms with Gasteiger partial charge in [-0.3, -0.25) is 14.6 Å². The van der Waals surface area contributed by atoms with E-state index in [1.807, 2.05) is 20.8 Å². The van der Waals surface area contributed by atoms with Crippen molar-refractivity contribution in [2.45, 2.75) is 89.0 Å². The summed E-state index contributed by atoms with van der Waals surface area (Å²) in [6.07, 6.45) is 7.13. The molecule has 1 N–H and O–H groups in total. The number of carbonyl (C=O) groups is 1. The molecule has 0 spiro atoms. The van der Waals surface area contributed by atoms with Gasteiger partial charge in [-0.2, -0.15) is 4.31 Å². The molecule has 38 heavy (non-hydrogen) atoms. The van der Waals surface area contributed by atoms with Crippen molar-refractivity contribution in [3.8, 4) is 5.75 Å². The maximum atomic E-state index is 14.2. The highest BCUT2D eigenvalue weighted by Crippen LogP contribution is 2.35. The Bertz CT molecular complexity index is 1110. The van der Waals surface area contributed by atoms with Gasteiger partial charge in [0.05, 0.1) is 23.7 Å². The summed E-state index contributed by atoms with van der Waals surface area (Å²) >= 11 is 0. The Morgan fingerprint density at radius 2 is 1.71 bits per heavy atom. The van der Waals surface area contributed by atoms with Crippen molar-refractivity contribution in [2.75, 3.05) is 13.7 Å². The summed E-state index contributed by atoms with van der Waals surface area (Å²) in [5.74, 6) is -0.151. The first-order valence-corrected chi connectivity index (χ1v) is 14.6. The first-order valence-electron chi connectivity index (χ1n) is 13.2. The van der Waals surface area contributed by atoms with Crippen LogP contribution in [0.2, 0.25) is 0 Å². The number of amides is 1. The summed E-state index contributed by atoms with van der Waals surface area (Å²) in [6.45, 7) is 8.24. The quantitative estimate of drug-likeness (QED) is 0.391. The topological polar surface area (TPSA) is 107 Å². The number of rotatable bonds is 12. The molecule has 10 heteroatoms. The molecule has 1 atom stereocenters. The van der Waals surface area contributed by atoms with Gasteiger partial charge < -0.3 is 9.47 Å². The standard InChI is InChI=1S/C28H41N3O6S/c1-6-19-36-24-9-7-22(8-10-24)26(27(32)30-37-28(2,3)4)31(20-21-15-17-29-18-16-21)38(33,34)25-13-11-23(35-5)12-14-25/h11-18,22,24,26H,6-10,19-20H2,1-5H3,(H,30,32). The van der Waals surface area contributed by atoms with Crippen molar-refractivity contribution < 1.29 is 27.5 Å². The van der Waals surface area contributed by atoms with E-state index in [0.717, 1.165) is 24.8 Å². The van der Waals surface area contributed by atoms with Gasteiger partial charge in [0.1, 0.15) is 11.8 Å². The van der Waals surface area contributed by atoms with Crippen LogP contribution < -0.4 is 10.2 Å². The molecule has 1 fully saturated rings. The maximum absolute atomic E-state index is 14.2. The lowest BCUT2D eigenvalue weighted by atomic mass is 9.82. The summed E-state index contributed by atoms with van der Waals surface area (Å²) < 4.78 is 40.8. The van der Waals surface area contributed by atoms with Crippen molar-refractivity contribution in [2.24, 2.45) is 5.92 Å². The van der Waals surface area contributed by atoms with Crippen LogP contribution in [-0.2, 0) is 30.9 Å². The van der Waals surface area contributed by atoms with Crippen molar-refractivity contribution in [3.05, 3.63) is 54.4 Å². The van der Waals surface area contributed by atoms with Crippen LogP contribution in [0.1, 0.15) is 65.4 Å². The Labute approximate surface area is 226 Å². The van der Waals surface area contributed by atoms with E-state index in [2.05, 4.69) is 17.4 Å². The Hall–Kier alpha value is -2.53. The van der Waals surface area contributed by atoms with Gasteiger partial charge in [-0.1, -0.05) is 6.92 Å². The molecule has 0 saturated heterocycles. The van der Waals surface area contributed by atoms with Crippen LogP contribution in [0, 0.1) is 5.92 Å². The predicted octanol–water partition coefficient (Wildman–Crippen LogP) is 4.48. The Balaban J connectivity index is 2.01. The maximum Gasteiger partial charge on any atom is 0.262 e. The third-order valence-corrected chi connectivity index (χ3v) is 8.36. The molecule has 0 bridgehead atoms. The lowest BCUT2D eigenvalue weighted by Crippen LogP contribution is -2.54. The summed E-state index contributed by atoms with van der Waals surface area (Å²) in [6, 6.07) is 8.74. The normalized spacial score (nSPS) is 19.2. The van der Waals surface area contributed by atoms with Gasteiger partial charge in [0.15, 0.2) is 0 Å². The van der Waals surface area contributed by atoms with E-state index in [1.165, 1.54) is 23.5 Å². The minimum absolute atomic E-state index is 0.0107. The number of pyridine rings is 1. The molecule has 0 aliphatic heterocycles. The Morgan fingerprint density at radius 1 is 1.08 bits per heavy atom. The number of carbonyl (C=O) groups excluding carboxylic acids is 1. The first kappa shape index (κ1) is 30.0. The molecule has 1 amide bonds. The number of hydroxylamine groups is 1. The molecule has 0 radical (unpaired) electrons. The minimum Gasteiger partial charge on any atom is -0.497 e. The highest BCUT2D eigenvalue weighted by Gasteiger charge is 2.43. The van der Waals surface area contributed by atoms with E-state index in [-0.39, 0.29) is 23.5 Å². The van der Waals surface area contributed by atoms with E-state index >= 15 is 0 Å². The summed E-state index contributed by atoms with van der Waals surface area (Å²) in [7, 11) is -2.57. The zero-order chi connectivity index (χ0) is 27.8. The second-order valence-corrected chi connectivity index (χ2v) is 12.5. The number of sulfonamides is 1. The van der Waals surface area contributed by atoms with Gasteiger partial charge in [-0.25, -0.2) is 13.9 Å². The number of aromatic nitrogens is 1. The van der Waals surface area contributed by atoms with Crippen LogP contribution in [0.4, 0.5) is 0 Å². The summed E-state index contributed by atoms with van der Waals surface area (Å²) in [5, 5.41) is 0. The molecule has 2 aromatic rings. The monoisotopic (exact) mass is 547 g/mol. The van der Waals surface area contributed by atoms with E-state index in [4.69, 9.17) is 14.3 Å². The third-order valence-electron chi connectivity index (χ3n) is 6.51. The lowest BCUT2D eigenvalue weighted by Gasteiger charge is -2.39. The van der Waals surface area contributed by atoms with Crippen molar-refractivity contribution in [1.82, 2.24) is 14.8 Å². The van der Waals surface area contributed by atoms with E-state index in [9.17, 15) is 13.2 Å². The van der Waals surface area contributed by atoms with Gasteiger partial charge in [0, 0.05) is 25.5 Å². The molecule has 1 unspecified atom stereocenters. The zero-order valence-electron chi connectivity index (χ0n) is 23.1. The molecule has 210 valence electrons. The van der Waals surface area contributed by atoms with Gasteiger partial charge in [0.2, 0.25) is 10.0 Å². The summed E-state index contributed by atoms with van der Waals surface area (Å²) in [5.41, 5.74) is 2.65. The Morgan fingerprint density at radius 3 is 2.26 bits per heavy atom. The van der Waals surface area contributed by atoms with Gasteiger partial charge in [-0.15, -0.1) is 0 Å². The molecule has 3 rings (SSSR count).